The molecule has 0 aliphatic carbocycles. The Bertz CT molecular complexity index is 1090. The van der Waals surface area contributed by atoms with Crippen molar-refractivity contribution in [2.24, 2.45) is 0 Å². The quantitative estimate of drug-likeness (QED) is 0.560. The fourth-order valence-corrected chi connectivity index (χ4v) is 4.31. The van der Waals surface area contributed by atoms with E-state index in [4.69, 9.17) is 5.11 Å². The molecule has 29 heavy (non-hydrogen) atoms. The lowest BCUT2D eigenvalue weighted by Gasteiger charge is -2.17. The SMILES string of the molecule is CSc1cn(-c2ncc(Br)cn2)c2cc(C(=O)N3CCC(NC(=O)O)C3)ccc12. The lowest BCUT2D eigenvalue weighted by atomic mass is 10.1. The molecule has 1 aromatic carbocycles. The molecule has 2 aromatic heterocycles. The van der Waals surface area contributed by atoms with Crippen LogP contribution in [-0.4, -0.2) is 61.9 Å². The van der Waals surface area contributed by atoms with Crippen molar-refractivity contribution < 1.29 is 14.7 Å². The van der Waals surface area contributed by atoms with Gasteiger partial charge in [-0.1, -0.05) is 6.07 Å². The van der Waals surface area contributed by atoms with Crippen LogP contribution in [0.5, 0.6) is 0 Å². The van der Waals surface area contributed by atoms with E-state index in [-0.39, 0.29) is 11.9 Å². The van der Waals surface area contributed by atoms with E-state index in [9.17, 15) is 9.59 Å². The Labute approximate surface area is 179 Å². The molecule has 3 heterocycles. The lowest BCUT2D eigenvalue weighted by molar-refractivity contribution is 0.0788. The minimum atomic E-state index is -1.07. The van der Waals surface area contributed by atoms with Crippen LogP contribution in [0.3, 0.4) is 0 Å². The second-order valence-corrected chi connectivity index (χ2v) is 8.45. The van der Waals surface area contributed by atoms with E-state index in [1.165, 1.54) is 0 Å². The fraction of sp³-hybridized carbons (Fsp3) is 0.263. The predicted octanol–water partition coefficient (Wildman–Crippen LogP) is 3.39. The molecule has 0 bridgehead atoms. The number of nitrogens with one attached hydrogen (secondary N) is 1. The number of nitrogens with zero attached hydrogens (tertiary/aromatic N) is 4. The van der Waals surface area contributed by atoms with Crippen LogP contribution in [0.25, 0.3) is 16.9 Å². The van der Waals surface area contributed by atoms with Crippen molar-refractivity contribution in [3.8, 4) is 5.95 Å². The van der Waals surface area contributed by atoms with Crippen LogP contribution in [0.1, 0.15) is 16.8 Å². The van der Waals surface area contributed by atoms with Crippen LogP contribution in [0.4, 0.5) is 4.79 Å². The number of hydrogen-bond donors (Lipinski definition) is 2. The monoisotopic (exact) mass is 475 g/mol. The van der Waals surface area contributed by atoms with Crippen LogP contribution < -0.4 is 5.32 Å². The standard InChI is InChI=1S/C19H18BrN5O3S/c1-29-16-10-25(18-21-7-12(20)8-22-18)15-6-11(2-3-14(15)16)17(26)24-5-4-13(9-24)23-19(27)28/h2-3,6-8,10,13,23H,4-5,9H2,1H3,(H,27,28). The number of likely N-dealkylation sites (tertiary alicyclic amines) is 1. The van der Waals surface area contributed by atoms with Gasteiger partial charge in [-0.15, -0.1) is 11.8 Å². The van der Waals surface area contributed by atoms with Gasteiger partial charge < -0.3 is 15.3 Å². The second-order valence-electron chi connectivity index (χ2n) is 6.69. The summed E-state index contributed by atoms with van der Waals surface area (Å²) in [5.74, 6) is 0.409. The highest BCUT2D eigenvalue weighted by molar-refractivity contribution is 9.10. The summed E-state index contributed by atoms with van der Waals surface area (Å²) >= 11 is 4.96. The number of aromatic nitrogens is 3. The third-order valence-corrected chi connectivity index (χ3v) is 6.04. The minimum absolute atomic E-state index is 0.114. The maximum atomic E-state index is 13.0. The van der Waals surface area contributed by atoms with E-state index in [1.807, 2.05) is 35.2 Å². The highest BCUT2D eigenvalue weighted by Crippen LogP contribution is 2.31. The molecule has 0 saturated carbocycles. The number of hydrogen-bond acceptors (Lipinski definition) is 5. The largest absolute Gasteiger partial charge is 0.465 e. The summed E-state index contributed by atoms with van der Waals surface area (Å²) in [4.78, 5) is 35.3. The number of benzene rings is 1. The Morgan fingerprint density at radius 1 is 1.31 bits per heavy atom. The van der Waals surface area contributed by atoms with Crippen LogP contribution >= 0.6 is 27.7 Å². The van der Waals surface area contributed by atoms with Crippen LogP contribution in [0.2, 0.25) is 0 Å². The smallest absolute Gasteiger partial charge is 0.404 e. The van der Waals surface area contributed by atoms with E-state index in [0.29, 0.717) is 31.0 Å². The first-order valence-electron chi connectivity index (χ1n) is 8.92. The summed E-state index contributed by atoms with van der Waals surface area (Å²) in [6.07, 6.45) is 6.88. The van der Waals surface area contributed by atoms with Crippen LogP contribution in [0.15, 0.2) is 46.2 Å². The molecule has 1 fully saturated rings. The van der Waals surface area contributed by atoms with Crippen LogP contribution in [0, 0.1) is 0 Å². The summed E-state index contributed by atoms with van der Waals surface area (Å²) in [6.45, 7) is 0.894. The first kappa shape index (κ1) is 19.7. The van der Waals surface area contributed by atoms with Gasteiger partial charge in [0.25, 0.3) is 5.91 Å². The molecule has 1 saturated heterocycles. The second kappa shape index (κ2) is 8.03. The number of carbonyl (C=O) groups excluding carboxylic acids is 1. The van der Waals surface area contributed by atoms with Gasteiger partial charge in [0.15, 0.2) is 0 Å². The molecule has 1 aliphatic heterocycles. The summed E-state index contributed by atoms with van der Waals surface area (Å²) in [5.41, 5.74) is 1.40. The van der Waals surface area contributed by atoms with Gasteiger partial charge in [0.2, 0.25) is 5.95 Å². The van der Waals surface area contributed by atoms with Crippen molar-refractivity contribution in [3.63, 3.8) is 0 Å². The fourth-order valence-electron chi connectivity index (χ4n) is 3.51. The summed E-state index contributed by atoms with van der Waals surface area (Å²) in [6, 6.07) is 5.37. The summed E-state index contributed by atoms with van der Waals surface area (Å²) in [7, 11) is 0. The third kappa shape index (κ3) is 3.95. The molecule has 10 heteroatoms. The first-order chi connectivity index (χ1) is 14.0. The molecule has 0 radical (unpaired) electrons. The van der Waals surface area contributed by atoms with E-state index >= 15 is 0 Å². The molecule has 4 rings (SSSR count). The zero-order valence-corrected chi connectivity index (χ0v) is 17.9. The zero-order chi connectivity index (χ0) is 20.5. The van der Waals surface area contributed by atoms with E-state index in [1.54, 1.807) is 29.1 Å². The van der Waals surface area contributed by atoms with Crippen molar-refractivity contribution in [2.45, 2.75) is 17.4 Å². The Morgan fingerprint density at radius 2 is 2.07 bits per heavy atom. The maximum Gasteiger partial charge on any atom is 0.404 e. The van der Waals surface area contributed by atoms with Crippen molar-refractivity contribution in [1.29, 1.82) is 0 Å². The summed E-state index contributed by atoms with van der Waals surface area (Å²) < 4.78 is 2.67. The predicted molar refractivity (Wildman–Crippen MR) is 114 cm³/mol. The molecule has 8 nitrogen and oxygen atoms in total. The number of fused-ring (bicyclic) bond motifs is 1. The van der Waals surface area contributed by atoms with Crippen LogP contribution in [-0.2, 0) is 0 Å². The van der Waals surface area contributed by atoms with Gasteiger partial charge in [-0.05, 0) is 40.7 Å². The van der Waals surface area contributed by atoms with E-state index < -0.39 is 6.09 Å². The number of carbonyl (C=O) groups is 2. The highest BCUT2D eigenvalue weighted by Gasteiger charge is 2.28. The molecule has 1 aliphatic rings. The molecule has 0 spiro atoms. The Kier molecular flexibility index (Phi) is 5.46. The Balaban J connectivity index is 1.68. The molecule has 2 N–H and O–H groups in total. The van der Waals surface area contributed by atoms with Gasteiger partial charge in [0.05, 0.1) is 16.0 Å². The van der Waals surface area contributed by atoms with Gasteiger partial charge in [0.1, 0.15) is 0 Å². The molecule has 1 unspecified atom stereocenters. The summed E-state index contributed by atoms with van der Waals surface area (Å²) in [5, 5.41) is 12.4. The number of carboxylic acid groups (broad SMARTS) is 1. The topological polar surface area (TPSA) is 100 Å². The van der Waals surface area contributed by atoms with E-state index in [2.05, 4.69) is 31.2 Å². The van der Waals surface area contributed by atoms with Gasteiger partial charge in [-0.2, -0.15) is 0 Å². The molecular weight excluding hydrogens is 458 g/mol. The Hall–Kier alpha value is -2.59. The van der Waals surface area contributed by atoms with Crippen molar-refractivity contribution in [1.82, 2.24) is 24.8 Å². The molecule has 3 aromatic rings. The lowest BCUT2D eigenvalue weighted by Crippen LogP contribution is -2.37. The normalized spacial score (nSPS) is 16.3. The number of thioether (sulfide) groups is 1. The van der Waals surface area contributed by atoms with Gasteiger partial charge in [-0.3, -0.25) is 9.36 Å². The average molecular weight is 476 g/mol. The third-order valence-electron chi connectivity index (χ3n) is 4.86. The number of amides is 2. The van der Waals surface area contributed by atoms with Gasteiger partial charge in [-0.25, -0.2) is 14.8 Å². The Morgan fingerprint density at radius 3 is 2.76 bits per heavy atom. The van der Waals surface area contributed by atoms with E-state index in [0.717, 1.165) is 20.3 Å². The molecular formula is C19H18BrN5O3S. The number of halogens is 1. The minimum Gasteiger partial charge on any atom is -0.465 e. The first-order valence-corrected chi connectivity index (χ1v) is 10.9. The average Bonchev–Trinajstić information content (AvgIpc) is 3.31. The maximum absolute atomic E-state index is 13.0. The molecule has 2 amide bonds. The highest BCUT2D eigenvalue weighted by atomic mass is 79.9. The van der Waals surface area contributed by atoms with Gasteiger partial charge in [0, 0.05) is 47.5 Å². The molecule has 1 atom stereocenters. The number of rotatable bonds is 4. The van der Waals surface area contributed by atoms with Crippen molar-refractivity contribution in [2.75, 3.05) is 19.3 Å². The van der Waals surface area contributed by atoms with Gasteiger partial charge >= 0.3 is 6.09 Å². The van der Waals surface area contributed by atoms with Crippen molar-refractivity contribution >= 4 is 50.6 Å². The van der Waals surface area contributed by atoms with Crippen molar-refractivity contribution in [3.05, 3.63) is 46.8 Å². The molecule has 150 valence electrons. The zero-order valence-electron chi connectivity index (χ0n) is 15.5.